The molecule has 0 aliphatic carbocycles. The lowest BCUT2D eigenvalue weighted by Crippen LogP contribution is -1.85. The van der Waals surface area contributed by atoms with Crippen molar-refractivity contribution in [2.24, 2.45) is 0 Å². The first kappa shape index (κ1) is 15.1. The minimum Gasteiger partial charge on any atom is -0.411 e. The molecule has 1 N–H and O–H groups in total. The third-order valence-corrected chi connectivity index (χ3v) is 3.81. The molecule has 4 nitrogen and oxygen atoms in total. The number of nitrogens with zero attached hydrogens (tertiary/aromatic N) is 2. The van der Waals surface area contributed by atoms with Gasteiger partial charge in [-0.15, -0.1) is 10.2 Å². The molecule has 0 unspecified atom stereocenters. The van der Waals surface area contributed by atoms with Gasteiger partial charge in [0, 0.05) is 17.9 Å². The quantitative estimate of drug-likeness (QED) is 0.624. The topological polar surface area (TPSA) is 59.2 Å². The number of aliphatic hydroxyl groups excluding tert-OH is 1. The predicted molar refractivity (Wildman–Crippen MR) is 80.9 cm³/mol. The summed E-state index contributed by atoms with van der Waals surface area (Å²) >= 11 is 1.57. The van der Waals surface area contributed by atoms with E-state index in [1.165, 1.54) is 11.1 Å². The van der Waals surface area contributed by atoms with Gasteiger partial charge in [0.2, 0.25) is 5.89 Å². The lowest BCUT2D eigenvalue weighted by atomic mass is 10.1. The third kappa shape index (κ3) is 4.35. The van der Waals surface area contributed by atoms with Gasteiger partial charge in [0.05, 0.1) is 0 Å². The fourth-order valence-electron chi connectivity index (χ4n) is 2.03. The number of benzene rings is 1. The van der Waals surface area contributed by atoms with Gasteiger partial charge in [0.1, 0.15) is 0 Å². The minimum atomic E-state index is 0.266. The van der Waals surface area contributed by atoms with Crippen LogP contribution in [0.1, 0.15) is 30.4 Å². The van der Waals surface area contributed by atoms with Gasteiger partial charge in [-0.2, -0.15) is 0 Å². The Morgan fingerprint density at radius 2 is 1.80 bits per heavy atom. The first-order chi connectivity index (χ1) is 9.69. The Bertz CT molecular complexity index is 534. The van der Waals surface area contributed by atoms with Crippen molar-refractivity contribution >= 4 is 11.8 Å². The molecular formula is C15H20N2O2S. The third-order valence-electron chi connectivity index (χ3n) is 2.90. The lowest BCUT2D eigenvalue weighted by molar-refractivity contribution is 0.284. The molecule has 0 saturated heterocycles. The summed E-state index contributed by atoms with van der Waals surface area (Å²) in [5, 5.41) is 17.5. The summed E-state index contributed by atoms with van der Waals surface area (Å²) in [5.41, 5.74) is 3.36. The van der Waals surface area contributed by atoms with Crippen molar-refractivity contribution in [3.63, 3.8) is 0 Å². The fraction of sp³-hybridized carbons (Fsp3) is 0.467. The Balaban J connectivity index is 1.94. The number of aromatic nitrogens is 2. The zero-order chi connectivity index (χ0) is 14.4. The van der Waals surface area contributed by atoms with Gasteiger partial charge in [-0.25, -0.2) is 0 Å². The normalized spacial score (nSPS) is 10.9. The smallest absolute Gasteiger partial charge is 0.276 e. The van der Waals surface area contributed by atoms with Crippen molar-refractivity contribution in [3.8, 4) is 11.5 Å². The van der Waals surface area contributed by atoms with E-state index >= 15 is 0 Å². The Kier molecular flexibility index (Phi) is 5.61. The van der Waals surface area contributed by atoms with E-state index in [1.54, 1.807) is 11.8 Å². The second-order valence-corrected chi connectivity index (χ2v) is 5.93. The van der Waals surface area contributed by atoms with E-state index in [0.717, 1.165) is 30.6 Å². The fourth-order valence-corrected chi connectivity index (χ4v) is 2.79. The number of rotatable bonds is 7. The molecule has 5 heteroatoms. The standard InChI is InChI=1S/C15H20N2O2S/c1-11-8-12(2)10-13(9-11)14-16-17-15(19-14)20-7-5-3-4-6-18/h8-10,18H,3-7H2,1-2H3. The number of aryl methyl sites for hydroxylation is 2. The van der Waals surface area contributed by atoms with Crippen LogP contribution in [0.5, 0.6) is 0 Å². The van der Waals surface area contributed by atoms with E-state index in [2.05, 4.69) is 42.2 Å². The molecule has 0 bridgehead atoms. The van der Waals surface area contributed by atoms with E-state index in [9.17, 15) is 0 Å². The summed E-state index contributed by atoms with van der Waals surface area (Å²) in [6.07, 6.45) is 2.94. The number of thioether (sulfide) groups is 1. The zero-order valence-electron chi connectivity index (χ0n) is 11.9. The molecule has 1 aromatic carbocycles. The van der Waals surface area contributed by atoms with Crippen LogP contribution in [0.2, 0.25) is 0 Å². The SMILES string of the molecule is Cc1cc(C)cc(-c2nnc(SCCCCCO)o2)c1. The first-order valence-electron chi connectivity index (χ1n) is 6.85. The molecule has 0 fully saturated rings. The Hall–Kier alpha value is -1.33. The van der Waals surface area contributed by atoms with Gasteiger partial charge in [0.15, 0.2) is 0 Å². The van der Waals surface area contributed by atoms with Gasteiger partial charge in [-0.3, -0.25) is 0 Å². The Morgan fingerprint density at radius 1 is 1.05 bits per heavy atom. The number of unbranched alkanes of at least 4 members (excludes halogenated alkanes) is 2. The van der Waals surface area contributed by atoms with Crippen LogP contribution in [0.3, 0.4) is 0 Å². The van der Waals surface area contributed by atoms with Crippen molar-refractivity contribution in [1.29, 1.82) is 0 Å². The van der Waals surface area contributed by atoms with Crippen molar-refractivity contribution in [3.05, 3.63) is 29.3 Å². The van der Waals surface area contributed by atoms with Crippen molar-refractivity contribution in [2.75, 3.05) is 12.4 Å². The minimum absolute atomic E-state index is 0.266. The highest BCUT2D eigenvalue weighted by atomic mass is 32.2. The van der Waals surface area contributed by atoms with Crippen LogP contribution in [-0.2, 0) is 0 Å². The number of hydrogen-bond acceptors (Lipinski definition) is 5. The van der Waals surface area contributed by atoms with Crippen LogP contribution < -0.4 is 0 Å². The summed E-state index contributed by atoms with van der Waals surface area (Å²) in [4.78, 5) is 0. The molecule has 2 rings (SSSR count). The maximum Gasteiger partial charge on any atom is 0.276 e. The zero-order valence-corrected chi connectivity index (χ0v) is 12.7. The van der Waals surface area contributed by atoms with Crippen LogP contribution in [0.25, 0.3) is 11.5 Å². The van der Waals surface area contributed by atoms with Gasteiger partial charge < -0.3 is 9.52 Å². The van der Waals surface area contributed by atoms with Gasteiger partial charge in [0.25, 0.3) is 5.22 Å². The average molecular weight is 292 g/mol. The van der Waals surface area contributed by atoms with Crippen LogP contribution in [0.15, 0.2) is 27.8 Å². The average Bonchev–Trinajstić information content (AvgIpc) is 2.86. The monoisotopic (exact) mass is 292 g/mol. The molecule has 0 aliphatic rings. The van der Waals surface area contributed by atoms with Crippen LogP contribution in [-0.4, -0.2) is 27.7 Å². The molecule has 0 spiro atoms. The molecule has 1 heterocycles. The van der Waals surface area contributed by atoms with E-state index in [4.69, 9.17) is 9.52 Å². The number of hydrogen-bond donors (Lipinski definition) is 1. The summed E-state index contributed by atoms with van der Waals surface area (Å²) in [5.74, 6) is 1.52. The molecule has 0 saturated carbocycles. The molecule has 20 heavy (non-hydrogen) atoms. The Labute approximate surface area is 123 Å². The summed E-state index contributed by atoms with van der Waals surface area (Å²) < 4.78 is 5.68. The summed E-state index contributed by atoms with van der Waals surface area (Å²) in [6.45, 7) is 4.38. The van der Waals surface area contributed by atoms with Crippen molar-refractivity contribution < 1.29 is 9.52 Å². The summed E-state index contributed by atoms with van der Waals surface area (Å²) in [7, 11) is 0. The van der Waals surface area contributed by atoms with Crippen LogP contribution in [0, 0.1) is 13.8 Å². The lowest BCUT2D eigenvalue weighted by Gasteiger charge is -2.00. The molecular weight excluding hydrogens is 272 g/mol. The van der Waals surface area contributed by atoms with E-state index in [1.807, 2.05) is 0 Å². The molecule has 1 aromatic heterocycles. The van der Waals surface area contributed by atoms with E-state index in [-0.39, 0.29) is 6.61 Å². The first-order valence-corrected chi connectivity index (χ1v) is 7.83. The van der Waals surface area contributed by atoms with Gasteiger partial charge in [-0.1, -0.05) is 35.4 Å². The van der Waals surface area contributed by atoms with Crippen molar-refractivity contribution in [2.45, 2.75) is 38.3 Å². The van der Waals surface area contributed by atoms with Gasteiger partial charge >= 0.3 is 0 Å². The molecule has 0 aliphatic heterocycles. The highest BCUT2D eigenvalue weighted by molar-refractivity contribution is 7.99. The molecule has 108 valence electrons. The second kappa shape index (κ2) is 7.45. The highest BCUT2D eigenvalue weighted by Gasteiger charge is 2.09. The Morgan fingerprint density at radius 3 is 2.50 bits per heavy atom. The molecule has 0 radical (unpaired) electrons. The number of aliphatic hydroxyl groups is 1. The van der Waals surface area contributed by atoms with Gasteiger partial charge in [-0.05, 0) is 38.8 Å². The molecule has 2 aromatic rings. The van der Waals surface area contributed by atoms with E-state index < -0.39 is 0 Å². The van der Waals surface area contributed by atoms with Crippen molar-refractivity contribution in [1.82, 2.24) is 10.2 Å². The van der Waals surface area contributed by atoms with Crippen LogP contribution in [0.4, 0.5) is 0 Å². The molecule has 0 amide bonds. The second-order valence-electron chi connectivity index (χ2n) is 4.88. The molecule has 0 atom stereocenters. The maximum atomic E-state index is 8.71. The highest BCUT2D eigenvalue weighted by Crippen LogP contribution is 2.25. The largest absolute Gasteiger partial charge is 0.411 e. The van der Waals surface area contributed by atoms with Crippen LogP contribution >= 0.6 is 11.8 Å². The summed E-state index contributed by atoms with van der Waals surface area (Å²) in [6, 6.07) is 6.23. The predicted octanol–water partition coefficient (Wildman–Crippen LogP) is 3.61. The van der Waals surface area contributed by atoms with E-state index in [0.29, 0.717) is 11.1 Å². The maximum absolute atomic E-state index is 8.71.